The summed E-state index contributed by atoms with van der Waals surface area (Å²) in [6, 6.07) is 5.15. The minimum Gasteiger partial charge on any atom is -0.496 e. The number of benzene rings is 1. The summed E-state index contributed by atoms with van der Waals surface area (Å²) in [6.07, 6.45) is 8.89. The lowest BCUT2D eigenvalue weighted by Crippen LogP contribution is -2.52. The van der Waals surface area contributed by atoms with Gasteiger partial charge >= 0.3 is 5.97 Å². The molecule has 0 spiro atoms. The van der Waals surface area contributed by atoms with Crippen molar-refractivity contribution in [2.75, 3.05) is 7.11 Å². The maximum atomic E-state index is 13.8. The first-order valence-electron chi connectivity index (χ1n) is 15.6. The Hall–Kier alpha value is -3.28. The SMILES string of the molecule is COc1cc(C#N)c(OC2CCC(C)(C(=O)O)CC2)cc1C(=O)NC1C2CCC(C2)C1C(=O)NC1CCC(C)(C)CC1. The van der Waals surface area contributed by atoms with Gasteiger partial charge in [-0.05, 0) is 101 Å². The number of nitrogens with one attached hydrogen (secondary N) is 2. The highest BCUT2D eigenvalue weighted by molar-refractivity contribution is 5.98. The van der Waals surface area contributed by atoms with Crippen LogP contribution < -0.4 is 20.1 Å². The molecule has 0 saturated heterocycles. The molecule has 4 aliphatic carbocycles. The van der Waals surface area contributed by atoms with Gasteiger partial charge in [0.15, 0.2) is 0 Å². The maximum absolute atomic E-state index is 13.8. The molecule has 4 unspecified atom stereocenters. The maximum Gasteiger partial charge on any atom is 0.309 e. The zero-order valence-corrected chi connectivity index (χ0v) is 25.3. The summed E-state index contributed by atoms with van der Waals surface area (Å²) in [7, 11) is 1.46. The second-order valence-electron chi connectivity index (χ2n) is 14.1. The van der Waals surface area contributed by atoms with Gasteiger partial charge in [-0.15, -0.1) is 0 Å². The number of carboxylic acid groups (broad SMARTS) is 1. The summed E-state index contributed by atoms with van der Waals surface area (Å²) >= 11 is 0. The van der Waals surface area contributed by atoms with Gasteiger partial charge < -0.3 is 25.2 Å². The number of carboxylic acids is 1. The molecule has 2 bridgehead atoms. The molecule has 0 radical (unpaired) electrons. The van der Waals surface area contributed by atoms with Crippen LogP contribution in [0.5, 0.6) is 11.5 Å². The summed E-state index contributed by atoms with van der Waals surface area (Å²) < 4.78 is 11.7. The number of carbonyl (C=O) groups excluding carboxylic acids is 2. The highest BCUT2D eigenvalue weighted by Crippen LogP contribution is 2.49. The average Bonchev–Trinajstić information content (AvgIpc) is 3.57. The van der Waals surface area contributed by atoms with Gasteiger partial charge in [0.05, 0.1) is 35.7 Å². The van der Waals surface area contributed by atoms with E-state index >= 15 is 0 Å². The predicted octanol–water partition coefficient (Wildman–Crippen LogP) is 5.21. The molecular weight excluding hydrogens is 534 g/mol. The molecule has 0 heterocycles. The summed E-state index contributed by atoms with van der Waals surface area (Å²) in [5.74, 6) is -0.277. The van der Waals surface area contributed by atoms with Crippen LogP contribution >= 0.6 is 0 Å². The van der Waals surface area contributed by atoms with Crippen molar-refractivity contribution in [1.82, 2.24) is 10.6 Å². The van der Waals surface area contributed by atoms with Gasteiger partial charge in [-0.1, -0.05) is 13.8 Å². The summed E-state index contributed by atoms with van der Waals surface area (Å²) in [6.45, 7) is 6.32. The van der Waals surface area contributed by atoms with Crippen molar-refractivity contribution in [2.45, 2.75) is 110 Å². The van der Waals surface area contributed by atoms with Crippen molar-refractivity contribution >= 4 is 17.8 Å². The highest BCUT2D eigenvalue weighted by Gasteiger charge is 2.52. The van der Waals surface area contributed by atoms with E-state index in [4.69, 9.17) is 9.47 Å². The average molecular weight is 580 g/mol. The Morgan fingerprint density at radius 3 is 2.21 bits per heavy atom. The largest absolute Gasteiger partial charge is 0.496 e. The minimum absolute atomic E-state index is 0.0543. The number of nitriles is 1. The van der Waals surface area contributed by atoms with Crippen molar-refractivity contribution in [3.63, 3.8) is 0 Å². The lowest BCUT2D eigenvalue weighted by Gasteiger charge is -2.37. The van der Waals surface area contributed by atoms with Crippen LogP contribution in [0.2, 0.25) is 0 Å². The molecule has 228 valence electrons. The smallest absolute Gasteiger partial charge is 0.309 e. The van der Waals surface area contributed by atoms with Gasteiger partial charge in [0.1, 0.15) is 17.6 Å². The number of ether oxygens (including phenoxy) is 2. The summed E-state index contributed by atoms with van der Waals surface area (Å²) in [4.78, 5) is 39.0. The van der Waals surface area contributed by atoms with E-state index in [2.05, 4.69) is 30.6 Å². The first-order valence-corrected chi connectivity index (χ1v) is 15.6. The van der Waals surface area contributed by atoms with Gasteiger partial charge in [-0.2, -0.15) is 5.26 Å². The van der Waals surface area contributed by atoms with Crippen LogP contribution in [0.4, 0.5) is 0 Å². The van der Waals surface area contributed by atoms with E-state index in [0.717, 1.165) is 44.9 Å². The van der Waals surface area contributed by atoms with Crippen LogP contribution in [-0.2, 0) is 9.59 Å². The molecule has 0 aromatic heterocycles. The van der Waals surface area contributed by atoms with E-state index in [1.54, 1.807) is 13.0 Å². The number of amides is 2. The molecule has 42 heavy (non-hydrogen) atoms. The van der Waals surface area contributed by atoms with Crippen molar-refractivity contribution in [1.29, 1.82) is 5.26 Å². The Kier molecular flexibility index (Phi) is 8.46. The number of fused-ring (bicyclic) bond motifs is 2. The second kappa shape index (κ2) is 11.8. The zero-order valence-electron chi connectivity index (χ0n) is 25.3. The molecule has 4 saturated carbocycles. The molecule has 0 aliphatic heterocycles. The Morgan fingerprint density at radius 1 is 0.929 bits per heavy atom. The van der Waals surface area contributed by atoms with E-state index in [1.165, 1.54) is 13.2 Å². The number of hydrogen-bond acceptors (Lipinski definition) is 6. The fraction of sp³-hybridized carbons (Fsp3) is 0.697. The first kappa shape index (κ1) is 30.2. The van der Waals surface area contributed by atoms with Crippen molar-refractivity contribution < 1.29 is 29.0 Å². The van der Waals surface area contributed by atoms with Crippen LogP contribution in [0, 0.1) is 39.9 Å². The highest BCUT2D eigenvalue weighted by atomic mass is 16.5. The van der Waals surface area contributed by atoms with E-state index < -0.39 is 11.4 Å². The van der Waals surface area contributed by atoms with Crippen molar-refractivity contribution in [3.05, 3.63) is 23.3 Å². The molecule has 3 N–H and O–H groups in total. The van der Waals surface area contributed by atoms with Crippen LogP contribution in [0.15, 0.2) is 12.1 Å². The molecule has 4 fully saturated rings. The predicted molar refractivity (Wildman–Crippen MR) is 156 cm³/mol. The quantitative estimate of drug-likeness (QED) is 0.384. The number of methoxy groups -OCH3 is 1. The molecule has 5 rings (SSSR count). The lowest BCUT2D eigenvalue weighted by atomic mass is 9.75. The molecule has 9 nitrogen and oxygen atoms in total. The molecule has 2 amide bonds. The fourth-order valence-corrected chi connectivity index (χ4v) is 7.78. The van der Waals surface area contributed by atoms with Gasteiger partial charge in [-0.3, -0.25) is 14.4 Å². The molecule has 4 aliphatic rings. The van der Waals surface area contributed by atoms with E-state index in [-0.39, 0.29) is 70.4 Å². The first-order chi connectivity index (χ1) is 19.9. The van der Waals surface area contributed by atoms with Crippen LogP contribution in [0.25, 0.3) is 0 Å². The monoisotopic (exact) mass is 579 g/mol. The van der Waals surface area contributed by atoms with Crippen molar-refractivity contribution in [2.24, 2.45) is 28.6 Å². The van der Waals surface area contributed by atoms with Crippen LogP contribution in [-0.4, -0.2) is 48.2 Å². The Morgan fingerprint density at radius 2 is 1.60 bits per heavy atom. The standard InChI is InChI=1S/C33H45N3O6/c1-32(2)11-7-22(8-12-32)35-30(38)27-19-5-6-20(15-19)28(27)36-29(37)24-17-25(21(18-34)16-26(24)41-4)42-23-9-13-33(3,14-10-23)31(39)40/h16-17,19-20,22-23,27-28H,5-15H2,1-4H3,(H,35,38)(H,36,37)(H,39,40). The Bertz CT molecular complexity index is 1250. The number of rotatable bonds is 8. The van der Waals surface area contributed by atoms with Gasteiger partial charge in [0, 0.05) is 18.2 Å². The fourth-order valence-electron chi connectivity index (χ4n) is 7.78. The third kappa shape index (κ3) is 6.09. The normalized spacial score (nSPS) is 32.0. The number of nitrogens with zero attached hydrogens (tertiary/aromatic N) is 1. The number of carbonyl (C=O) groups is 3. The van der Waals surface area contributed by atoms with E-state index in [0.29, 0.717) is 31.1 Å². The zero-order chi connectivity index (χ0) is 30.2. The molecule has 4 atom stereocenters. The molecule has 9 heteroatoms. The van der Waals surface area contributed by atoms with Gasteiger partial charge in [-0.25, -0.2) is 0 Å². The molecular formula is C33H45N3O6. The summed E-state index contributed by atoms with van der Waals surface area (Å²) in [5.41, 5.74) is 0.0556. The van der Waals surface area contributed by atoms with Gasteiger partial charge in [0.2, 0.25) is 5.91 Å². The van der Waals surface area contributed by atoms with Crippen molar-refractivity contribution in [3.8, 4) is 17.6 Å². The molecule has 1 aromatic rings. The number of hydrogen-bond donors (Lipinski definition) is 3. The second-order valence-corrected chi connectivity index (χ2v) is 14.1. The van der Waals surface area contributed by atoms with Gasteiger partial charge in [0.25, 0.3) is 5.91 Å². The molecule has 1 aromatic carbocycles. The van der Waals surface area contributed by atoms with Crippen LogP contribution in [0.1, 0.15) is 107 Å². The Balaban J connectivity index is 1.30. The summed E-state index contributed by atoms with van der Waals surface area (Å²) in [5, 5.41) is 25.9. The third-order valence-corrected chi connectivity index (χ3v) is 10.7. The Labute approximate surface area is 248 Å². The topological polar surface area (TPSA) is 138 Å². The van der Waals surface area contributed by atoms with Crippen LogP contribution in [0.3, 0.4) is 0 Å². The number of aliphatic carboxylic acids is 1. The van der Waals surface area contributed by atoms with E-state index in [9.17, 15) is 24.8 Å². The minimum atomic E-state index is -0.808. The van der Waals surface area contributed by atoms with E-state index in [1.807, 2.05) is 0 Å². The lowest BCUT2D eigenvalue weighted by molar-refractivity contribution is -0.150. The third-order valence-electron chi connectivity index (χ3n) is 10.7.